The second-order valence-electron chi connectivity index (χ2n) is 3.15. The number of hydrogen-bond acceptors (Lipinski definition) is 6. The summed E-state index contributed by atoms with van der Waals surface area (Å²) >= 11 is 5.73. The number of nitrogens with one attached hydrogen (secondary N) is 2. The summed E-state index contributed by atoms with van der Waals surface area (Å²) in [5.41, 5.74) is 5.91. The van der Waals surface area contributed by atoms with Gasteiger partial charge >= 0.3 is 0 Å². The second kappa shape index (κ2) is 4.34. The summed E-state index contributed by atoms with van der Waals surface area (Å²) in [5.74, 6) is -0.493. The van der Waals surface area contributed by atoms with Gasteiger partial charge < -0.3 is 5.73 Å². The summed E-state index contributed by atoms with van der Waals surface area (Å²) in [6.07, 6.45) is 0. The van der Waals surface area contributed by atoms with Crippen LogP contribution in [0.15, 0.2) is 6.07 Å². The van der Waals surface area contributed by atoms with E-state index in [-0.39, 0.29) is 22.9 Å². The number of hydrogen-bond donors (Lipinski definition) is 3. The molecule has 0 aliphatic heterocycles. The topological polar surface area (TPSA) is 122 Å². The fourth-order valence-corrected chi connectivity index (χ4v) is 1.36. The molecular formula is C8H8ClN7O. The molecule has 4 N–H and O–H groups in total. The third-order valence-corrected chi connectivity index (χ3v) is 1.96. The van der Waals surface area contributed by atoms with Crippen LogP contribution in [0, 0.1) is 6.92 Å². The minimum absolute atomic E-state index is 0.0154. The Morgan fingerprint density at radius 3 is 2.82 bits per heavy atom. The first-order valence-corrected chi connectivity index (χ1v) is 4.93. The third-order valence-electron chi connectivity index (χ3n) is 1.77. The monoisotopic (exact) mass is 253 g/mol. The van der Waals surface area contributed by atoms with Crippen molar-refractivity contribution in [2.24, 2.45) is 0 Å². The highest BCUT2D eigenvalue weighted by Crippen LogP contribution is 2.10. The molecule has 0 spiro atoms. The predicted molar refractivity (Wildman–Crippen MR) is 60.5 cm³/mol. The molecule has 0 aliphatic rings. The number of H-pyrrole nitrogens is 1. The molecule has 0 unspecified atom stereocenters. The molecule has 0 fully saturated rings. The lowest BCUT2D eigenvalue weighted by molar-refractivity contribution is 0.101. The van der Waals surface area contributed by atoms with Gasteiger partial charge in [0.2, 0.25) is 17.7 Å². The summed E-state index contributed by atoms with van der Waals surface area (Å²) in [4.78, 5) is 23.1. The molecule has 0 saturated heterocycles. The molecule has 0 atom stereocenters. The van der Waals surface area contributed by atoms with Crippen molar-refractivity contribution in [1.29, 1.82) is 0 Å². The van der Waals surface area contributed by atoms with Crippen LogP contribution in [0.4, 0.5) is 11.9 Å². The molecule has 0 radical (unpaired) electrons. The number of carbonyl (C=O) groups excluding carboxylic acids is 1. The first kappa shape index (κ1) is 11.3. The van der Waals surface area contributed by atoms with E-state index in [1.807, 2.05) is 0 Å². The molecule has 0 aliphatic carbocycles. The number of aromatic nitrogens is 5. The van der Waals surface area contributed by atoms with Gasteiger partial charge in [-0.15, -0.1) is 5.10 Å². The van der Waals surface area contributed by atoms with Gasteiger partial charge in [-0.1, -0.05) is 11.6 Å². The fourth-order valence-electron chi connectivity index (χ4n) is 1.12. The van der Waals surface area contributed by atoms with Gasteiger partial charge in [0.05, 0.1) is 0 Å². The van der Waals surface area contributed by atoms with Crippen LogP contribution in [0.1, 0.15) is 16.3 Å². The van der Waals surface area contributed by atoms with Crippen LogP contribution in [0.5, 0.6) is 0 Å². The van der Waals surface area contributed by atoms with Crippen LogP contribution < -0.4 is 11.1 Å². The third kappa shape index (κ3) is 2.67. The van der Waals surface area contributed by atoms with Crippen molar-refractivity contribution in [3.05, 3.63) is 22.7 Å². The minimum Gasteiger partial charge on any atom is -0.366 e. The number of nitrogen functional groups attached to an aromatic ring is 1. The Labute approximate surface area is 101 Å². The van der Waals surface area contributed by atoms with Gasteiger partial charge in [0.15, 0.2) is 0 Å². The minimum atomic E-state index is -0.545. The average Bonchev–Trinajstić information content (AvgIpc) is 2.63. The van der Waals surface area contributed by atoms with Crippen molar-refractivity contribution < 1.29 is 4.79 Å². The molecule has 0 saturated carbocycles. The molecule has 2 rings (SSSR count). The van der Waals surface area contributed by atoms with E-state index < -0.39 is 5.91 Å². The lowest BCUT2D eigenvalue weighted by Crippen LogP contribution is -2.16. The van der Waals surface area contributed by atoms with Gasteiger partial charge in [0, 0.05) is 5.69 Å². The maximum absolute atomic E-state index is 11.6. The molecule has 2 aromatic rings. The quantitative estimate of drug-likeness (QED) is 0.666. The highest BCUT2D eigenvalue weighted by atomic mass is 35.5. The van der Waals surface area contributed by atoms with Crippen LogP contribution >= 0.6 is 11.6 Å². The van der Waals surface area contributed by atoms with Crippen LogP contribution in [0.25, 0.3) is 0 Å². The maximum atomic E-state index is 11.6. The lowest BCUT2D eigenvalue weighted by atomic mass is 10.4. The Morgan fingerprint density at radius 2 is 2.24 bits per heavy atom. The Morgan fingerprint density at radius 1 is 1.47 bits per heavy atom. The zero-order valence-corrected chi connectivity index (χ0v) is 9.49. The Bertz CT molecular complexity index is 547. The zero-order valence-electron chi connectivity index (χ0n) is 8.73. The number of carbonyl (C=O) groups is 1. The Kier molecular flexibility index (Phi) is 2.88. The summed E-state index contributed by atoms with van der Waals surface area (Å²) in [5, 5.41) is 8.56. The number of amides is 1. The molecule has 1 amide bonds. The summed E-state index contributed by atoms with van der Waals surface area (Å²) in [6, 6.07) is 1.57. The molecule has 0 bridgehead atoms. The molecule has 8 nitrogen and oxygen atoms in total. The molecule has 2 aromatic heterocycles. The number of nitrogens with two attached hydrogens (primary N) is 1. The number of rotatable bonds is 2. The van der Waals surface area contributed by atoms with Gasteiger partial charge in [0.1, 0.15) is 5.15 Å². The van der Waals surface area contributed by atoms with Crippen molar-refractivity contribution in [3.63, 3.8) is 0 Å². The van der Waals surface area contributed by atoms with E-state index in [1.165, 1.54) is 0 Å². The molecule has 88 valence electrons. The molecule has 9 heteroatoms. The van der Waals surface area contributed by atoms with E-state index in [1.54, 1.807) is 13.0 Å². The Hall–Kier alpha value is -2.22. The highest BCUT2D eigenvalue weighted by Gasteiger charge is 2.12. The predicted octanol–water partition coefficient (Wildman–Crippen LogP) is 0.391. The standard InChI is InChI=1S/C8H8ClN7O/c1-3-2-4(9)12-8(11-3)14-6(17)5-13-7(10)16-15-5/h2H,1H3,(H3,10,13,15,16)(H,11,12,14,17). The zero-order chi connectivity index (χ0) is 12.4. The lowest BCUT2D eigenvalue weighted by Gasteiger charge is -2.02. The molecule has 17 heavy (non-hydrogen) atoms. The summed E-state index contributed by atoms with van der Waals surface area (Å²) in [7, 11) is 0. The number of nitrogens with zero attached hydrogens (tertiary/aromatic N) is 4. The highest BCUT2D eigenvalue weighted by molar-refractivity contribution is 6.29. The SMILES string of the molecule is Cc1cc(Cl)nc(NC(=O)c2nc(N)n[nH]2)n1. The Balaban J connectivity index is 2.18. The summed E-state index contributed by atoms with van der Waals surface area (Å²) < 4.78 is 0. The number of anilines is 2. The van der Waals surface area contributed by atoms with Crippen molar-refractivity contribution in [3.8, 4) is 0 Å². The second-order valence-corrected chi connectivity index (χ2v) is 3.54. The van der Waals surface area contributed by atoms with E-state index in [0.717, 1.165) is 0 Å². The van der Waals surface area contributed by atoms with Gasteiger partial charge in [0.25, 0.3) is 5.91 Å². The van der Waals surface area contributed by atoms with E-state index in [2.05, 4.69) is 30.5 Å². The van der Waals surface area contributed by atoms with Gasteiger partial charge in [-0.25, -0.2) is 9.97 Å². The van der Waals surface area contributed by atoms with E-state index >= 15 is 0 Å². The summed E-state index contributed by atoms with van der Waals surface area (Å²) in [6.45, 7) is 1.73. The van der Waals surface area contributed by atoms with Gasteiger partial charge in [-0.3, -0.25) is 15.2 Å². The van der Waals surface area contributed by atoms with Crippen LogP contribution in [0.3, 0.4) is 0 Å². The van der Waals surface area contributed by atoms with Gasteiger partial charge in [-0.05, 0) is 13.0 Å². The average molecular weight is 254 g/mol. The number of aromatic amines is 1. The van der Waals surface area contributed by atoms with E-state index in [4.69, 9.17) is 17.3 Å². The van der Waals surface area contributed by atoms with Crippen LogP contribution in [-0.2, 0) is 0 Å². The van der Waals surface area contributed by atoms with Crippen molar-refractivity contribution >= 4 is 29.4 Å². The van der Waals surface area contributed by atoms with E-state index in [9.17, 15) is 4.79 Å². The van der Waals surface area contributed by atoms with Crippen molar-refractivity contribution in [1.82, 2.24) is 25.1 Å². The van der Waals surface area contributed by atoms with Crippen molar-refractivity contribution in [2.45, 2.75) is 6.92 Å². The van der Waals surface area contributed by atoms with Crippen molar-refractivity contribution in [2.75, 3.05) is 11.1 Å². The van der Waals surface area contributed by atoms with Crippen LogP contribution in [0.2, 0.25) is 5.15 Å². The molecule has 0 aromatic carbocycles. The molecular weight excluding hydrogens is 246 g/mol. The largest absolute Gasteiger partial charge is 0.366 e. The van der Waals surface area contributed by atoms with Crippen LogP contribution in [-0.4, -0.2) is 31.1 Å². The first-order chi connectivity index (χ1) is 8.04. The van der Waals surface area contributed by atoms with E-state index in [0.29, 0.717) is 5.69 Å². The smallest absolute Gasteiger partial charge is 0.295 e. The maximum Gasteiger partial charge on any atom is 0.295 e. The fraction of sp³-hybridized carbons (Fsp3) is 0.125. The normalized spacial score (nSPS) is 10.2. The first-order valence-electron chi connectivity index (χ1n) is 4.55. The van der Waals surface area contributed by atoms with Gasteiger partial charge in [-0.2, -0.15) is 4.98 Å². The number of aryl methyl sites for hydroxylation is 1. The molecule has 2 heterocycles. The number of halogens is 1.